The number of fused-ring (bicyclic) bond motifs is 1. The van der Waals surface area contributed by atoms with E-state index < -0.39 is 11.7 Å². The Bertz CT molecular complexity index is 918. The lowest BCUT2D eigenvalue weighted by molar-refractivity contribution is -0.137. The normalized spacial score (nSPS) is 11.8. The molecule has 0 spiro atoms. The molecule has 1 aromatic heterocycles. The highest BCUT2D eigenvalue weighted by Crippen LogP contribution is 2.32. The van der Waals surface area contributed by atoms with Crippen molar-refractivity contribution in [2.45, 2.75) is 19.6 Å². The molecule has 26 heavy (non-hydrogen) atoms. The van der Waals surface area contributed by atoms with Crippen molar-refractivity contribution in [1.29, 1.82) is 0 Å². The quantitative estimate of drug-likeness (QED) is 0.638. The first-order valence-electron chi connectivity index (χ1n) is 8.04. The van der Waals surface area contributed by atoms with E-state index in [1.165, 1.54) is 12.1 Å². The second-order valence-electron chi connectivity index (χ2n) is 5.66. The van der Waals surface area contributed by atoms with Crippen LogP contribution >= 0.6 is 0 Å². The van der Waals surface area contributed by atoms with Crippen LogP contribution in [-0.2, 0) is 12.7 Å². The monoisotopic (exact) mass is 358 g/mol. The fraction of sp³-hybridized carbons (Fsp3) is 0.150. The average molecular weight is 358 g/mol. The predicted molar refractivity (Wildman–Crippen MR) is 94.9 cm³/mol. The predicted octanol–water partition coefficient (Wildman–Crippen LogP) is 5.67. The highest BCUT2D eigenvalue weighted by molar-refractivity contribution is 5.83. The van der Waals surface area contributed by atoms with Crippen LogP contribution in [0, 0.1) is 0 Å². The van der Waals surface area contributed by atoms with Crippen LogP contribution in [0.3, 0.4) is 0 Å². The fourth-order valence-electron chi connectivity index (χ4n) is 2.57. The van der Waals surface area contributed by atoms with E-state index in [2.05, 4.69) is 10.3 Å². The molecule has 0 fully saturated rings. The van der Waals surface area contributed by atoms with Crippen molar-refractivity contribution in [3.63, 3.8) is 0 Å². The summed E-state index contributed by atoms with van der Waals surface area (Å²) >= 11 is 0. The summed E-state index contributed by atoms with van der Waals surface area (Å²) in [5.41, 5.74) is 1.08. The van der Waals surface area contributed by atoms with Gasteiger partial charge in [-0.3, -0.25) is 4.98 Å². The Morgan fingerprint density at radius 2 is 1.85 bits per heavy atom. The van der Waals surface area contributed by atoms with Gasteiger partial charge in [0.1, 0.15) is 11.5 Å². The van der Waals surface area contributed by atoms with Gasteiger partial charge in [0.05, 0.1) is 11.1 Å². The molecule has 0 saturated heterocycles. The molecule has 3 aromatic rings. The SMILES string of the molecule is CC=CNCc1cc(Oc2ccc(C(F)(F)F)cc2)cc2cccnc12. The van der Waals surface area contributed by atoms with Crippen LogP contribution in [0.4, 0.5) is 13.2 Å². The summed E-state index contributed by atoms with van der Waals surface area (Å²) in [6.07, 6.45) is 1.08. The Kier molecular flexibility index (Phi) is 5.11. The highest BCUT2D eigenvalue weighted by Gasteiger charge is 2.30. The minimum atomic E-state index is -4.36. The van der Waals surface area contributed by atoms with Gasteiger partial charge >= 0.3 is 6.18 Å². The number of hydrogen-bond acceptors (Lipinski definition) is 3. The largest absolute Gasteiger partial charge is 0.457 e. The van der Waals surface area contributed by atoms with Crippen LogP contribution in [0.1, 0.15) is 18.1 Å². The molecule has 1 N–H and O–H groups in total. The third kappa shape index (κ3) is 4.14. The molecule has 2 aromatic carbocycles. The summed E-state index contributed by atoms with van der Waals surface area (Å²) < 4.78 is 43.7. The Hall–Kier alpha value is -3.02. The number of ether oxygens (including phenoxy) is 1. The molecule has 0 radical (unpaired) electrons. The Morgan fingerprint density at radius 1 is 1.08 bits per heavy atom. The molecule has 0 aliphatic rings. The molecule has 0 saturated carbocycles. The van der Waals surface area contributed by atoms with Gasteiger partial charge < -0.3 is 10.1 Å². The number of pyridine rings is 1. The lowest BCUT2D eigenvalue weighted by Gasteiger charge is -2.12. The van der Waals surface area contributed by atoms with Crippen molar-refractivity contribution in [3.05, 3.63) is 78.1 Å². The zero-order valence-electron chi connectivity index (χ0n) is 14.0. The molecule has 0 bridgehead atoms. The maximum atomic E-state index is 12.7. The standard InChI is InChI=1S/C20H17F3N2O/c1-2-9-24-13-15-12-18(11-14-4-3-10-25-19(14)15)26-17-7-5-16(6-8-17)20(21,22)23/h2-12,24H,13H2,1H3. The van der Waals surface area contributed by atoms with Gasteiger partial charge in [-0.15, -0.1) is 0 Å². The number of aromatic nitrogens is 1. The van der Waals surface area contributed by atoms with Crippen molar-refractivity contribution >= 4 is 10.9 Å². The van der Waals surface area contributed by atoms with Crippen LogP contribution in [0.25, 0.3) is 10.9 Å². The molecular formula is C20H17F3N2O. The van der Waals surface area contributed by atoms with Gasteiger partial charge in [0.25, 0.3) is 0 Å². The molecule has 6 heteroatoms. The van der Waals surface area contributed by atoms with Gasteiger partial charge in [0, 0.05) is 23.7 Å². The molecule has 134 valence electrons. The Morgan fingerprint density at radius 3 is 2.54 bits per heavy atom. The van der Waals surface area contributed by atoms with Gasteiger partial charge in [0.2, 0.25) is 0 Å². The number of nitrogens with zero attached hydrogens (tertiary/aromatic N) is 1. The van der Waals surface area contributed by atoms with Crippen LogP contribution in [0.2, 0.25) is 0 Å². The second-order valence-corrected chi connectivity index (χ2v) is 5.66. The summed E-state index contributed by atoms with van der Waals surface area (Å²) in [6, 6.07) is 12.0. The Labute approximate surface area is 149 Å². The van der Waals surface area contributed by atoms with Crippen molar-refractivity contribution in [3.8, 4) is 11.5 Å². The van der Waals surface area contributed by atoms with E-state index in [9.17, 15) is 13.2 Å². The zero-order valence-corrected chi connectivity index (χ0v) is 14.0. The lowest BCUT2D eigenvalue weighted by atomic mass is 10.1. The summed E-state index contributed by atoms with van der Waals surface area (Å²) in [5, 5.41) is 4.05. The van der Waals surface area contributed by atoms with Crippen LogP contribution < -0.4 is 10.1 Å². The highest BCUT2D eigenvalue weighted by atomic mass is 19.4. The fourth-order valence-corrected chi connectivity index (χ4v) is 2.57. The van der Waals surface area contributed by atoms with E-state index in [4.69, 9.17) is 4.74 Å². The summed E-state index contributed by atoms with van der Waals surface area (Å²) in [4.78, 5) is 4.40. The zero-order chi connectivity index (χ0) is 18.6. The molecule has 0 atom stereocenters. The topological polar surface area (TPSA) is 34.1 Å². The van der Waals surface area contributed by atoms with E-state index >= 15 is 0 Å². The smallest absolute Gasteiger partial charge is 0.416 e. The third-order valence-electron chi connectivity index (χ3n) is 3.75. The second kappa shape index (κ2) is 7.47. The molecule has 3 rings (SSSR count). The van der Waals surface area contributed by atoms with Crippen LogP contribution in [-0.4, -0.2) is 4.98 Å². The van der Waals surface area contributed by atoms with Gasteiger partial charge in [-0.2, -0.15) is 13.2 Å². The first-order chi connectivity index (χ1) is 12.5. The summed E-state index contributed by atoms with van der Waals surface area (Å²) in [7, 11) is 0. The number of alkyl halides is 3. The van der Waals surface area contributed by atoms with E-state index in [1.807, 2.05) is 43.5 Å². The number of halogens is 3. The lowest BCUT2D eigenvalue weighted by Crippen LogP contribution is -2.05. The van der Waals surface area contributed by atoms with Crippen molar-refractivity contribution < 1.29 is 17.9 Å². The van der Waals surface area contributed by atoms with Gasteiger partial charge in [-0.1, -0.05) is 12.1 Å². The summed E-state index contributed by atoms with van der Waals surface area (Å²) in [5.74, 6) is 0.885. The van der Waals surface area contributed by atoms with Crippen molar-refractivity contribution in [2.75, 3.05) is 0 Å². The molecule has 0 unspecified atom stereocenters. The van der Waals surface area contributed by atoms with Crippen LogP contribution in [0.5, 0.6) is 11.5 Å². The Balaban J connectivity index is 1.89. The maximum Gasteiger partial charge on any atom is 0.416 e. The number of hydrogen-bond donors (Lipinski definition) is 1. The molecule has 0 aliphatic heterocycles. The minimum absolute atomic E-state index is 0.341. The molecule has 0 aliphatic carbocycles. The van der Waals surface area contributed by atoms with Crippen molar-refractivity contribution in [1.82, 2.24) is 10.3 Å². The number of rotatable bonds is 5. The summed E-state index contributed by atoms with van der Waals surface area (Å²) in [6.45, 7) is 2.47. The van der Waals surface area contributed by atoms with E-state index in [0.717, 1.165) is 28.6 Å². The average Bonchev–Trinajstić information content (AvgIpc) is 2.61. The van der Waals surface area contributed by atoms with Gasteiger partial charge in [-0.25, -0.2) is 0 Å². The molecular weight excluding hydrogens is 341 g/mol. The first-order valence-corrected chi connectivity index (χ1v) is 8.04. The first kappa shape index (κ1) is 17.8. The van der Waals surface area contributed by atoms with E-state index in [0.29, 0.717) is 18.0 Å². The number of benzene rings is 2. The van der Waals surface area contributed by atoms with Crippen LogP contribution in [0.15, 0.2) is 67.0 Å². The molecule has 1 heterocycles. The third-order valence-corrected chi connectivity index (χ3v) is 3.75. The van der Waals surface area contributed by atoms with E-state index in [1.54, 1.807) is 6.20 Å². The van der Waals surface area contributed by atoms with Crippen molar-refractivity contribution in [2.24, 2.45) is 0 Å². The molecule has 0 amide bonds. The maximum absolute atomic E-state index is 12.7. The van der Waals surface area contributed by atoms with Gasteiger partial charge in [-0.05, 0) is 55.6 Å². The number of nitrogens with one attached hydrogen (secondary N) is 1. The van der Waals surface area contributed by atoms with Gasteiger partial charge in [0.15, 0.2) is 0 Å². The molecule has 3 nitrogen and oxygen atoms in total. The number of allylic oxidation sites excluding steroid dienone is 1. The van der Waals surface area contributed by atoms with E-state index in [-0.39, 0.29) is 0 Å². The minimum Gasteiger partial charge on any atom is -0.457 e.